The molecule has 0 heterocycles. The van der Waals surface area contributed by atoms with E-state index in [1.807, 2.05) is 0 Å². The normalized spacial score (nSPS) is 49.2. The van der Waals surface area contributed by atoms with Crippen molar-refractivity contribution in [1.82, 2.24) is 0 Å². The Morgan fingerprint density at radius 1 is 0.400 bits per heavy atom. The summed E-state index contributed by atoms with van der Waals surface area (Å²) in [4.78, 5) is 0. The van der Waals surface area contributed by atoms with E-state index >= 15 is 0 Å². The van der Waals surface area contributed by atoms with E-state index in [-0.39, 0.29) is 0 Å². The molecule has 0 bridgehead atoms. The standard InChI is InChI=1S/C26H45BS3/c27-23-11-19(17-3-1-5-24(28)13-17)7-8-20(12-23)22-10-9-21(15-26(30)16-22)18-4-2-6-25(29)14-18/h17-26,28-30H,1-16H2. The Labute approximate surface area is 204 Å². The number of rotatable bonds is 3. The highest BCUT2D eigenvalue weighted by Gasteiger charge is 2.37. The first-order valence-corrected chi connectivity index (χ1v) is 14.8. The van der Waals surface area contributed by atoms with E-state index in [1.165, 1.54) is 103 Å². The van der Waals surface area contributed by atoms with Crippen molar-refractivity contribution in [3.63, 3.8) is 0 Å². The van der Waals surface area contributed by atoms with Gasteiger partial charge in [0.15, 0.2) is 0 Å². The first-order chi connectivity index (χ1) is 14.5. The quantitative estimate of drug-likeness (QED) is 0.212. The summed E-state index contributed by atoms with van der Waals surface area (Å²) in [5.74, 6) is 5.69. The van der Waals surface area contributed by atoms with E-state index in [2.05, 4.69) is 0 Å². The summed E-state index contributed by atoms with van der Waals surface area (Å²) in [5, 5.41) is 1.88. The molecule has 30 heavy (non-hydrogen) atoms. The van der Waals surface area contributed by atoms with Gasteiger partial charge >= 0.3 is 0 Å². The van der Waals surface area contributed by atoms with Crippen molar-refractivity contribution in [2.24, 2.45) is 35.5 Å². The highest BCUT2D eigenvalue weighted by Crippen LogP contribution is 2.48. The molecule has 2 radical (unpaired) electrons. The molecule has 0 aliphatic heterocycles. The van der Waals surface area contributed by atoms with Gasteiger partial charge in [0.25, 0.3) is 0 Å². The first kappa shape index (κ1) is 24.2. The third kappa shape index (κ3) is 6.59. The molecule has 10 unspecified atom stereocenters. The third-order valence-corrected chi connectivity index (χ3v) is 10.9. The Morgan fingerprint density at radius 3 is 1.13 bits per heavy atom. The molecule has 0 saturated heterocycles. The van der Waals surface area contributed by atoms with Crippen LogP contribution in [0.2, 0.25) is 5.82 Å². The fraction of sp³-hybridized carbons (Fsp3) is 1.00. The van der Waals surface area contributed by atoms with Gasteiger partial charge in [-0.15, -0.1) is 0 Å². The van der Waals surface area contributed by atoms with Crippen molar-refractivity contribution in [3.05, 3.63) is 0 Å². The average Bonchev–Trinajstić information content (AvgIpc) is 3.03. The summed E-state index contributed by atoms with van der Waals surface area (Å²) < 4.78 is 0. The van der Waals surface area contributed by atoms with Gasteiger partial charge in [-0.3, -0.25) is 0 Å². The van der Waals surface area contributed by atoms with E-state index in [9.17, 15) is 0 Å². The smallest absolute Gasteiger partial charge is 0.0699 e. The molecule has 0 nitrogen and oxygen atoms in total. The van der Waals surface area contributed by atoms with Crippen molar-refractivity contribution >= 4 is 45.7 Å². The predicted octanol–water partition coefficient (Wildman–Crippen LogP) is 7.83. The van der Waals surface area contributed by atoms with Crippen molar-refractivity contribution < 1.29 is 0 Å². The van der Waals surface area contributed by atoms with E-state index in [4.69, 9.17) is 45.7 Å². The molecule has 4 rings (SSSR count). The fourth-order valence-corrected chi connectivity index (χ4v) is 9.42. The maximum absolute atomic E-state index is 6.75. The number of thiol groups is 3. The van der Waals surface area contributed by atoms with Crippen LogP contribution >= 0.6 is 37.9 Å². The summed E-state index contributed by atoms with van der Waals surface area (Å²) in [6.07, 6.45) is 21.9. The zero-order valence-electron chi connectivity index (χ0n) is 19.0. The Kier molecular flexibility index (Phi) is 9.29. The molecular formula is C26H45BS3. The lowest BCUT2D eigenvalue weighted by Crippen LogP contribution is -2.24. The van der Waals surface area contributed by atoms with Crippen LogP contribution in [-0.2, 0) is 0 Å². The van der Waals surface area contributed by atoms with Gasteiger partial charge in [-0.05, 0) is 99.7 Å². The van der Waals surface area contributed by atoms with Gasteiger partial charge in [-0.25, -0.2) is 0 Å². The minimum absolute atomic E-state index is 0.420. The van der Waals surface area contributed by atoms with E-state index in [1.54, 1.807) is 0 Å². The maximum atomic E-state index is 6.75. The van der Waals surface area contributed by atoms with Crippen LogP contribution in [0.25, 0.3) is 0 Å². The lowest BCUT2D eigenvalue weighted by atomic mass is 9.70. The Balaban J connectivity index is 1.34. The fourth-order valence-electron chi connectivity index (χ4n) is 7.97. The molecule has 4 fully saturated rings. The van der Waals surface area contributed by atoms with Crippen LogP contribution in [0, 0.1) is 35.5 Å². The van der Waals surface area contributed by atoms with E-state index in [0.717, 1.165) is 35.5 Å². The second-order valence-electron chi connectivity index (χ2n) is 11.7. The van der Waals surface area contributed by atoms with Gasteiger partial charge in [0, 0.05) is 15.7 Å². The molecule has 4 saturated carbocycles. The largest absolute Gasteiger partial charge is 0.176 e. The molecule has 4 aliphatic rings. The van der Waals surface area contributed by atoms with E-state index in [0.29, 0.717) is 21.6 Å². The average molecular weight is 465 g/mol. The summed E-state index contributed by atoms with van der Waals surface area (Å²) in [5.41, 5.74) is 0. The third-order valence-electron chi connectivity index (χ3n) is 9.55. The summed E-state index contributed by atoms with van der Waals surface area (Å²) in [7, 11) is 6.75. The lowest BCUT2D eigenvalue weighted by Gasteiger charge is -2.33. The van der Waals surface area contributed by atoms with Gasteiger partial charge in [0.1, 0.15) is 0 Å². The van der Waals surface area contributed by atoms with Crippen LogP contribution in [0.15, 0.2) is 0 Å². The van der Waals surface area contributed by atoms with E-state index < -0.39 is 0 Å². The Bertz CT molecular complexity index is 482. The maximum Gasteiger partial charge on any atom is 0.0699 e. The van der Waals surface area contributed by atoms with Gasteiger partial charge in [-0.1, -0.05) is 44.3 Å². The molecular weight excluding hydrogens is 419 g/mol. The number of hydrogen-bond acceptors (Lipinski definition) is 3. The second kappa shape index (κ2) is 11.5. The first-order valence-electron chi connectivity index (χ1n) is 13.3. The molecule has 0 aromatic carbocycles. The summed E-state index contributed by atoms with van der Waals surface area (Å²) >= 11 is 14.8. The van der Waals surface area contributed by atoms with Crippen molar-refractivity contribution in [2.45, 2.75) is 124 Å². The van der Waals surface area contributed by atoms with Crippen LogP contribution in [-0.4, -0.2) is 23.6 Å². The van der Waals surface area contributed by atoms with Crippen LogP contribution in [0.4, 0.5) is 0 Å². The molecule has 4 aliphatic carbocycles. The van der Waals surface area contributed by atoms with Gasteiger partial charge in [-0.2, -0.15) is 37.9 Å². The zero-order chi connectivity index (χ0) is 21.1. The Morgan fingerprint density at radius 2 is 0.733 bits per heavy atom. The van der Waals surface area contributed by atoms with Gasteiger partial charge < -0.3 is 0 Å². The summed E-state index contributed by atoms with van der Waals surface area (Å²) in [6.45, 7) is 0. The lowest BCUT2D eigenvalue weighted by molar-refractivity contribution is 0.212. The van der Waals surface area contributed by atoms with Crippen molar-refractivity contribution in [1.29, 1.82) is 0 Å². The molecule has 0 amide bonds. The van der Waals surface area contributed by atoms with Crippen LogP contribution in [0.1, 0.15) is 103 Å². The highest BCUT2D eigenvalue weighted by molar-refractivity contribution is 7.81. The van der Waals surface area contributed by atoms with Gasteiger partial charge in [0.2, 0.25) is 0 Å². The van der Waals surface area contributed by atoms with Crippen molar-refractivity contribution in [3.8, 4) is 0 Å². The molecule has 0 aromatic heterocycles. The molecule has 0 spiro atoms. The topological polar surface area (TPSA) is 0 Å². The highest BCUT2D eigenvalue weighted by atomic mass is 32.1. The zero-order valence-corrected chi connectivity index (χ0v) is 21.7. The molecule has 170 valence electrons. The van der Waals surface area contributed by atoms with Crippen LogP contribution in [0.3, 0.4) is 0 Å². The summed E-state index contributed by atoms with van der Waals surface area (Å²) in [6, 6.07) is 0. The molecule has 0 aromatic rings. The predicted molar refractivity (Wildman–Crippen MR) is 143 cm³/mol. The molecule has 10 atom stereocenters. The van der Waals surface area contributed by atoms with Gasteiger partial charge in [0.05, 0.1) is 7.85 Å². The Hall–Kier alpha value is 1.11. The number of hydrogen-bond donors (Lipinski definition) is 3. The second-order valence-corrected chi connectivity index (χ2v) is 13.9. The minimum Gasteiger partial charge on any atom is -0.176 e. The minimum atomic E-state index is 0.420. The van der Waals surface area contributed by atoms with Crippen LogP contribution in [0.5, 0.6) is 0 Å². The monoisotopic (exact) mass is 464 g/mol. The van der Waals surface area contributed by atoms with Crippen LogP contribution < -0.4 is 0 Å². The van der Waals surface area contributed by atoms with Crippen molar-refractivity contribution in [2.75, 3.05) is 0 Å². The molecule has 0 N–H and O–H groups in total. The molecule has 4 heteroatoms. The SMILES string of the molecule is [B]C1CC(C2CCCC(S)C2)CCC(C2CCC(C3CCCC(S)C3)CC(S)C2)C1.